The van der Waals surface area contributed by atoms with Gasteiger partial charge in [-0.25, -0.2) is 4.79 Å². The van der Waals surface area contributed by atoms with Gasteiger partial charge in [-0.1, -0.05) is 0 Å². The molecule has 0 radical (unpaired) electrons. The molecule has 1 saturated heterocycles. The van der Waals surface area contributed by atoms with Gasteiger partial charge in [-0.05, 0) is 24.7 Å². The molecule has 0 saturated carbocycles. The lowest BCUT2D eigenvalue weighted by Crippen LogP contribution is -2.03. The maximum Gasteiger partial charge on any atom is 0.364 e. The number of carboxylic acid groups (broad SMARTS) is 1. The molecule has 0 aromatic carbocycles. The molecular formula is C7H9FO2S. The van der Waals surface area contributed by atoms with E-state index in [1.165, 1.54) is 0 Å². The molecule has 1 fully saturated rings. The van der Waals surface area contributed by atoms with E-state index in [4.69, 9.17) is 5.11 Å². The van der Waals surface area contributed by atoms with Gasteiger partial charge in [0.2, 0.25) is 5.83 Å². The number of rotatable bonds is 1. The van der Waals surface area contributed by atoms with Crippen LogP contribution < -0.4 is 0 Å². The second kappa shape index (κ2) is 3.26. The van der Waals surface area contributed by atoms with Crippen LogP contribution in [-0.4, -0.2) is 22.1 Å². The zero-order valence-corrected chi connectivity index (χ0v) is 6.95. The van der Waals surface area contributed by atoms with Gasteiger partial charge in [0.15, 0.2) is 0 Å². The average Bonchev–Trinajstić information content (AvgIpc) is 2.33. The molecule has 0 aromatic rings. The standard InChI is InChI=1S/C7H9FO2S/c1-4-5(2-3-11-4)6(8)7(9)10/h4H,2-3H2,1H3,(H,9,10)/b6-5+. The summed E-state index contributed by atoms with van der Waals surface area (Å²) in [6.45, 7) is 1.83. The van der Waals surface area contributed by atoms with E-state index in [0.717, 1.165) is 5.75 Å². The molecule has 0 spiro atoms. The zero-order valence-electron chi connectivity index (χ0n) is 6.13. The molecule has 62 valence electrons. The van der Waals surface area contributed by atoms with E-state index in [1.807, 2.05) is 6.92 Å². The fraction of sp³-hybridized carbons (Fsp3) is 0.571. The van der Waals surface area contributed by atoms with Crippen molar-refractivity contribution >= 4 is 17.7 Å². The molecule has 0 amide bonds. The molecule has 2 nitrogen and oxygen atoms in total. The van der Waals surface area contributed by atoms with Gasteiger partial charge in [0.1, 0.15) is 0 Å². The Hall–Kier alpha value is -0.510. The summed E-state index contributed by atoms with van der Waals surface area (Å²) in [5.74, 6) is -1.56. The van der Waals surface area contributed by atoms with Crippen LogP contribution in [0.15, 0.2) is 11.4 Å². The van der Waals surface area contributed by atoms with Crippen molar-refractivity contribution in [3.05, 3.63) is 11.4 Å². The SMILES string of the molecule is CC1SCC/C1=C(\F)C(=O)O. The minimum atomic E-state index is -1.44. The molecule has 0 aliphatic carbocycles. The van der Waals surface area contributed by atoms with Gasteiger partial charge < -0.3 is 5.11 Å². The highest BCUT2D eigenvalue weighted by molar-refractivity contribution is 8.00. The van der Waals surface area contributed by atoms with E-state index in [1.54, 1.807) is 11.8 Å². The average molecular weight is 176 g/mol. The van der Waals surface area contributed by atoms with Crippen molar-refractivity contribution in [2.75, 3.05) is 5.75 Å². The maximum atomic E-state index is 12.7. The largest absolute Gasteiger partial charge is 0.476 e. The lowest BCUT2D eigenvalue weighted by molar-refractivity contribution is -0.134. The first-order valence-corrected chi connectivity index (χ1v) is 4.41. The quantitative estimate of drug-likeness (QED) is 0.619. The predicted molar refractivity (Wildman–Crippen MR) is 42.3 cm³/mol. The summed E-state index contributed by atoms with van der Waals surface area (Å²) in [7, 11) is 0. The highest BCUT2D eigenvalue weighted by atomic mass is 32.2. The van der Waals surface area contributed by atoms with E-state index in [2.05, 4.69) is 0 Å². The van der Waals surface area contributed by atoms with Crippen LogP contribution in [0.25, 0.3) is 0 Å². The number of carbonyl (C=O) groups is 1. The molecular weight excluding hydrogens is 167 g/mol. The summed E-state index contributed by atoms with van der Waals surface area (Å²) in [5.41, 5.74) is 0.447. The smallest absolute Gasteiger partial charge is 0.364 e. The molecule has 1 aliphatic heterocycles. The molecule has 1 heterocycles. The number of hydrogen-bond donors (Lipinski definition) is 1. The lowest BCUT2D eigenvalue weighted by atomic mass is 10.1. The van der Waals surface area contributed by atoms with E-state index >= 15 is 0 Å². The third kappa shape index (κ3) is 1.74. The third-order valence-corrected chi connectivity index (χ3v) is 2.92. The Balaban J connectivity index is 2.85. The first-order valence-electron chi connectivity index (χ1n) is 3.36. The van der Waals surface area contributed by atoms with Crippen LogP contribution in [0.5, 0.6) is 0 Å². The van der Waals surface area contributed by atoms with Crippen LogP contribution in [0.1, 0.15) is 13.3 Å². The molecule has 1 aliphatic rings. The van der Waals surface area contributed by atoms with E-state index in [0.29, 0.717) is 12.0 Å². The first-order chi connectivity index (χ1) is 5.13. The number of hydrogen-bond acceptors (Lipinski definition) is 2. The monoisotopic (exact) mass is 176 g/mol. The number of aliphatic carboxylic acids is 1. The molecule has 1 atom stereocenters. The summed E-state index contributed by atoms with van der Waals surface area (Å²) in [6.07, 6.45) is 0.573. The van der Waals surface area contributed by atoms with Gasteiger partial charge in [0, 0.05) is 5.25 Å². The molecule has 0 bridgehead atoms. The van der Waals surface area contributed by atoms with Crippen LogP contribution in [0.2, 0.25) is 0 Å². The zero-order chi connectivity index (χ0) is 8.43. The summed E-state index contributed by atoms with van der Waals surface area (Å²) in [5, 5.41) is 8.35. The van der Waals surface area contributed by atoms with E-state index in [9.17, 15) is 9.18 Å². The Morgan fingerprint density at radius 1 is 1.82 bits per heavy atom. The topological polar surface area (TPSA) is 37.3 Å². The van der Waals surface area contributed by atoms with Crippen LogP contribution in [0, 0.1) is 0 Å². The predicted octanol–water partition coefficient (Wildman–Crippen LogP) is 1.82. The van der Waals surface area contributed by atoms with Crippen LogP contribution in [-0.2, 0) is 4.79 Å². The van der Waals surface area contributed by atoms with E-state index < -0.39 is 11.8 Å². The molecule has 0 aromatic heterocycles. The van der Waals surface area contributed by atoms with Crippen molar-refractivity contribution in [1.82, 2.24) is 0 Å². The summed E-state index contributed by atoms with van der Waals surface area (Å²) in [6, 6.07) is 0. The Kier molecular flexibility index (Phi) is 2.54. The summed E-state index contributed by atoms with van der Waals surface area (Å²) >= 11 is 1.59. The van der Waals surface area contributed by atoms with Crippen molar-refractivity contribution in [3.8, 4) is 0 Å². The van der Waals surface area contributed by atoms with Crippen molar-refractivity contribution in [3.63, 3.8) is 0 Å². The Bertz CT molecular complexity index is 212. The first kappa shape index (κ1) is 8.59. The Morgan fingerprint density at radius 3 is 2.82 bits per heavy atom. The second-order valence-corrected chi connectivity index (χ2v) is 3.86. The van der Waals surface area contributed by atoms with Gasteiger partial charge in [0.25, 0.3) is 0 Å². The number of thioether (sulfide) groups is 1. The van der Waals surface area contributed by atoms with Gasteiger partial charge in [-0.15, -0.1) is 0 Å². The van der Waals surface area contributed by atoms with Crippen LogP contribution >= 0.6 is 11.8 Å². The van der Waals surface area contributed by atoms with Gasteiger partial charge in [-0.2, -0.15) is 16.2 Å². The highest BCUT2D eigenvalue weighted by Gasteiger charge is 2.24. The fourth-order valence-corrected chi connectivity index (χ4v) is 2.19. The minimum absolute atomic E-state index is 0.0334. The Morgan fingerprint density at radius 2 is 2.45 bits per heavy atom. The van der Waals surface area contributed by atoms with Crippen molar-refractivity contribution in [2.45, 2.75) is 18.6 Å². The molecule has 1 N–H and O–H groups in total. The normalized spacial score (nSPS) is 28.7. The van der Waals surface area contributed by atoms with Crippen molar-refractivity contribution in [1.29, 1.82) is 0 Å². The Labute approximate surface area is 68.5 Å². The van der Waals surface area contributed by atoms with Crippen LogP contribution in [0.3, 0.4) is 0 Å². The van der Waals surface area contributed by atoms with Gasteiger partial charge in [-0.3, -0.25) is 0 Å². The van der Waals surface area contributed by atoms with Crippen molar-refractivity contribution in [2.24, 2.45) is 0 Å². The summed E-state index contributed by atoms with van der Waals surface area (Å²) in [4.78, 5) is 10.2. The maximum absolute atomic E-state index is 12.7. The van der Waals surface area contributed by atoms with Gasteiger partial charge in [0.05, 0.1) is 0 Å². The highest BCUT2D eigenvalue weighted by Crippen LogP contribution is 2.33. The van der Waals surface area contributed by atoms with E-state index in [-0.39, 0.29) is 5.25 Å². The van der Waals surface area contributed by atoms with Crippen molar-refractivity contribution < 1.29 is 14.3 Å². The lowest BCUT2D eigenvalue weighted by Gasteiger charge is -2.02. The molecule has 11 heavy (non-hydrogen) atoms. The molecule has 1 rings (SSSR count). The third-order valence-electron chi connectivity index (χ3n) is 1.70. The number of halogens is 1. The fourth-order valence-electron chi connectivity index (χ4n) is 1.08. The molecule has 1 unspecified atom stereocenters. The minimum Gasteiger partial charge on any atom is -0.476 e. The molecule has 4 heteroatoms. The van der Waals surface area contributed by atoms with Gasteiger partial charge >= 0.3 is 5.97 Å². The van der Waals surface area contributed by atoms with Crippen LogP contribution in [0.4, 0.5) is 4.39 Å². The summed E-state index contributed by atoms with van der Waals surface area (Å²) < 4.78 is 12.7. The second-order valence-electron chi connectivity index (χ2n) is 2.41. The number of carboxylic acids is 1.